The Hall–Kier alpha value is 0.390. The van der Waals surface area contributed by atoms with Crippen molar-refractivity contribution in [3.63, 3.8) is 0 Å². The highest BCUT2D eigenvalue weighted by Gasteiger charge is 2.74. The normalized spacial score (nSPS) is 49.6. The molecule has 0 aliphatic heterocycles. The molecular formula is C11H16Br2O3. The maximum Gasteiger partial charge on any atom is 0.303 e. The average Bonchev–Trinajstić information content (AvgIpc) is 2.46. The van der Waals surface area contributed by atoms with E-state index in [9.17, 15) is 9.90 Å². The Morgan fingerprint density at radius 1 is 1.44 bits per heavy atom. The van der Waals surface area contributed by atoms with Crippen LogP contribution in [0.4, 0.5) is 0 Å². The number of carboxylic acid groups (broad SMARTS) is 1. The summed E-state index contributed by atoms with van der Waals surface area (Å²) in [4.78, 5) is 11.1. The van der Waals surface area contributed by atoms with Gasteiger partial charge in [0, 0.05) is 10.2 Å². The Bertz CT molecular complexity index is 344. The molecule has 0 spiro atoms. The lowest BCUT2D eigenvalue weighted by Gasteiger charge is -2.45. The van der Waals surface area contributed by atoms with Crippen molar-refractivity contribution in [1.29, 1.82) is 0 Å². The second-order valence-electron chi connectivity index (χ2n) is 5.64. The molecule has 92 valence electrons. The van der Waals surface area contributed by atoms with Crippen LogP contribution in [0.15, 0.2) is 0 Å². The Kier molecular flexibility index (Phi) is 2.77. The van der Waals surface area contributed by atoms with Crippen LogP contribution in [0.2, 0.25) is 0 Å². The highest BCUT2D eigenvalue weighted by Crippen LogP contribution is 2.72. The number of carbonyl (C=O) groups is 1. The van der Waals surface area contributed by atoms with Gasteiger partial charge in [-0.05, 0) is 18.3 Å². The van der Waals surface area contributed by atoms with Crippen LogP contribution in [0.1, 0.15) is 33.1 Å². The third-order valence-corrected chi connectivity index (χ3v) is 8.34. The van der Waals surface area contributed by atoms with Crippen LogP contribution in [0.5, 0.6) is 0 Å². The summed E-state index contributed by atoms with van der Waals surface area (Å²) in [5.74, 6) is -0.789. The quantitative estimate of drug-likeness (QED) is 0.748. The fourth-order valence-electron chi connectivity index (χ4n) is 3.60. The summed E-state index contributed by atoms with van der Waals surface area (Å²) in [6.07, 6.45) is 1.25. The number of aliphatic hydroxyl groups excluding tert-OH is 1. The van der Waals surface area contributed by atoms with Gasteiger partial charge in [0.15, 0.2) is 0 Å². The third kappa shape index (κ3) is 1.25. The topological polar surface area (TPSA) is 57.5 Å². The van der Waals surface area contributed by atoms with E-state index in [0.29, 0.717) is 0 Å². The first-order chi connectivity index (χ1) is 7.18. The number of aliphatic carboxylic acids is 1. The van der Waals surface area contributed by atoms with E-state index in [1.54, 1.807) is 0 Å². The summed E-state index contributed by atoms with van der Waals surface area (Å²) in [6.45, 7) is 3.94. The van der Waals surface area contributed by atoms with Crippen LogP contribution in [-0.4, -0.2) is 31.4 Å². The Labute approximate surface area is 112 Å². The monoisotopic (exact) mass is 354 g/mol. The van der Waals surface area contributed by atoms with E-state index in [2.05, 4.69) is 31.9 Å². The first-order valence-corrected chi connectivity index (χ1v) is 7.12. The molecule has 2 aliphatic carbocycles. The van der Waals surface area contributed by atoms with Gasteiger partial charge < -0.3 is 10.2 Å². The molecule has 2 rings (SSSR count). The van der Waals surface area contributed by atoms with Crippen molar-refractivity contribution in [3.8, 4) is 0 Å². The van der Waals surface area contributed by atoms with E-state index >= 15 is 0 Å². The highest BCUT2D eigenvalue weighted by atomic mass is 79.9. The van der Waals surface area contributed by atoms with Crippen molar-refractivity contribution < 1.29 is 15.0 Å². The number of hydrogen-bond acceptors (Lipinski definition) is 2. The molecule has 4 atom stereocenters. The van der Waals surface area contributed by atoms with Crippen LogP contribution in [0.3, 0.4) is 0 Å². The SMILES string of the molecule is CC1(C)[C@H](O)[C@@]2(Br)CC[C@]1(CC(=O)O)[C@H]2Br. The number of alkyl halides is 2. The highest BCUT2D eigenvalue weighted by molar-refractivity contribution is 9.12. The van der Waals surface area contributed by atoms with Gasteiger partial charge in [0.2, 0.25) is 0 Å². The maximum atomic E-state index is 11.1. The van der Waals surface area contributed by atoms with Gasteiger partial charge in [-0.3, -0.25) is 4.79 Å². The Morgan fingerprint density at radius 2 is 2.00 bits per heavy atom. The minimum absolute atomic E-state index is 0.00796. The van der Waals surface area contributed by atoms with Crippen LogP contribution in [0.25, 0.3) is 0 Å². The Morgan fingerprint density at radius 3 is 2.38 bits per heavy atom. The number of hydrogen-bond donors (Lipinski definition) is 2. The average molecular weight is 356 g/mol. The standard InChI is InChI=1S/C11H16Br2O3/c1-9(2)8(16)11(13)4-3-10(9,7(11)12)5-6(14)15/h7-8,16H,3-5H2,1-2H3,(H,14,15)/t7-,8+,10+,11-/m1/s1. The lowest BCUT2D eigenvalue weighted by Crippen LogP contribution is -2.47. The number of aliphatic hydroxyl groups is 1. The molecule has 16 heavy (non-hydrogen) atoms. The van der Waals surface area contributed by atoms with Gasteiger partial charge in [-0.25, -0.2) is 0 Å². The van der Waals surface area contributed by atoms with Crippen molar-refractivity contribution in [2.45, 2.75) is 48.4 Å². The molecule has 3 nitrogen and oxygen atoms in total. The molecule has 2 bridgehead atoms. The lowest BCUT2D eigenvalue weighted by atomic mass is 9.62. The molecule has 0 aromatic rings. The molecule has 0 radical (unpaired) electrons. The zero-order valence-corrected chi connectivity index (χ0v) is 12.5. The predicted molar refractivity (Wildman–Crippen MR) is 68.1 cm³/mol. The molecule has 0 saturated heterocycles. The summed E-state index contributed by atoms with van der Waals surface area (Å²) in [6, 6.07) is 0. The molecule has 2 N–H and O–H groups in total. The van der Waals surface area contributed by atoms with Crippen molar-refractivity contribution in [2.24, 2.45) is 10.8 Å². The molecule has 2 saturated carbocycles. The first kappa shape index (κ1) is 12.8. The number of fused-ring (bicyclic) bond motifs is 2. The number of carboxylic acids is 1. The van der Waals surface area contributed by atoms with E-state index in [1.807, 2.05) is 13.8 Å². The second kappa shape index (κ2) is 3.45. The first-order valence-electron chi connectivity index (χ1n) is 5.41. The number of rotatable bonds is 2. The minimum atomic E-state index is -0.789. The Balaban J connectivity index is 2.48. The van der Waals surface area contributed by atoms with E-state index < -0.39 is 12.1 Å². The molecule has 5 heteroatoms. The van der Waals surface area contributed by atoms with Gasteiger partial charge >= 0.3 is 5.97 Å². The van der Waals surface area contributed by atoms with Crippen molar-refractivity contribution in [1.82, 2.24) is 0 Å². The maximum absolute atomic E-state index is 11.1. The molecule has 2 aliphatic rings. The van der Waals surface area contributed by atoms with E-state index in [4.69, 9.17) is 5.11 Å². The summed E-state index contributed by atoms with van der Waals surface area (Å²) < 4.78 is -0.369. The van der Waals surface area contributed by atoms with Gasteiger partial charge in [0.1, 0.15) is 0 Å². The van der Waals surface area contributed by atoms with E-state index in [-0.39, 0.29) is 26.4 Å². The molecule has 2 fully saturated rings. The van der Waals surface area contributed by atoms with E-state index in [0.717, 1.165) is 12.8 Å². The van der Waals surface area contributed by atoms with Gasteiger partial charge in [-0.1, -0.05) is 45.7 Å². The molecule has 0 heterocycles. The number of halogens is 2. The molecule has 0 aromatic carbocycles. The van der Waals surface area contributed by atoms with E-state index in [1.165, 1.54) is 0 Å². The predicted octanol–water partition coefficient (Wildman–Crippen LogP) is 2.54. The summed E-state index contributed by atoms with van der Waals surface area (Å²) in [5, 5.41) is 19.5. The molecular weight excluding hydrogens is 340 g/mol. The van der Waals surface area contributed by atoms with Crippen molar-refractivity contribution in [2.75, 3.05) is 0 Å². The van der Waals surface area contributed by atoms with Crippen molar-refractivity contribution in [3.05, 3.63) is 0 Å². The van der Waals surface area contributed by atoms with Gasteiger partial charge in [0.25, 0.3) is 0 Å². The second-order valence-corrected chi connectivity index (χ2v) is 8.03. The summed E-state index contributed by atoms with van der Waals surface area (Å²) >= 11 is 7.25. The zero-order valence-electron chi connectivity index (χ0n) is 9.33. The van der Waals surface area contributed by atoms with Crippen LogP contribution in [-0.2, 0) is 4.79 Å². The summed E-state index contributed by atoms with van der Waals surface area (Å²) in [5.41, 5.74) is -0.747. The zero-order chi connectivity index (χ0) is 12.4. The van der Waals surface area contributed by atoms with Gasteiger partial charge in [0.05, 0.1) is 16.8 Å². The fourth-order valence-corrected chi connectivity index (χ4v) is 6.27. The fraction of sp³-hybridized carbons (Fsp3) is 0.909. The van der Waals surface area contributed by atoms with Gasteiger partial charge in [-0.15, -0.1) is 0 Å². The lowest BCUT2D eigenvalue weighted by molar-refractivity contribution is -0.143. The third-order valence-electron chi connectivity index (χ3n) is 4.75. The minimum Gasteiger partial charge on any atom is -0.481 e. The smallest absolute Gasteiger partial charge is 0.303 e. The largest absolute Gasteiger partial charge is 0.481 e. The molecule has 0 aromatic heterocycles. The van der Waals surface area contributed by atoms with Crippen LogP contribution in [0, 0.1) is 10.8 Å². The molecule has 0 unspecified atom stereocenters. The van der Waals surface area contributed by atoms with Crippen LogP contribution < -0.4 is 0 Å². The van der Waals surface area contributed by atoms with Crippen LogP contribution >= 0.6 is 31.9 Å². The molecule has 0 amide bonds. The summed E-state index contributed by atoms with van der Waals surface area (Å²) in [7, 11) is 0. The van der Waals surface area contributed by atoms with Crippen molar-refractivity contribution >= 4 is 37.8 Å². The van der Waals surface area contributed by atoms with Gasteiger partial charge in [-0.2, -0.15) is 0 Å².